The van der Waals surface area contributed by atoms with Gasteiger partial charge in [-0.1, -0.05) is 18.8 Å². The highest BCUT2D eigenvalue weighted by atomic mass is 32.1. The Morgan fingerprint density at radius 3 is 2.37 bits per heavy atom. The van der Waals surface area contributed by atoms with Crippen LogP contribution in [-0.2, 0) is 22.5 Å². The molecular weight excluding hydrogens is 487 g/mol. The maximum Gasteiger partial charge on any atom is 0.334 e. The van der Waals surface area contributed by atoms with Crippen LogP contribution in [0.5, 0.6) is 0 Å². The number of aromatic nitrogens is 2. The molecule has 0 unspecified atom stereocenters. The number of carbonyl (C=O) groups is 1. The first-order valence-electron chi connectivity index (χ1n) is 10.5. The van der Waals surface area contributed by atoms with Gasteiger partial charge in [-0.3, -0.25) is 19.5 Å². The number of halogens is 3. The van der Waals surface area contributed by atoms with Gasteiger partial charge in [-0.15, -0.1) is 0 Å². The topological polar surface area (TPSA) is 96.4 Å². The lowest BCUT2D eigenvalue weighted by Crippen LogP contribution is -2.34. The lowest BCUT2D eigenvalue weighted by Gasteiger charge is -2.17. The number of aryl methyl sites for hydroxylation is 1. The van der Waals surface area contributed by atoms with Gasteiger partial charge in [-0.25, -0.2) is 22.5 Å². The van der Waals surface area contributed by atoms with Gasteiger partial charge >= 0.3 is 11.7 Å². The first kappa shape index (κ1) is 28.0. The molecule has 0 atom stereocenters. The average molecular weight is 514 g/mol. The van der Waals surface area contributed by atoms with E-state index in [4.69, 9.17) is 17.0 Å². The fourth-order valence-electron chi connectivity index (χ4n) is 3.05. The van der Waals surface area contributed by atoms with Gasteiger partial charge in [0.2, 0.25) is 0 Å². The first-order chi connectivity index (χ1) is 16.0. The Morgan fingerprint density at radius 2 is 1.91 bits per heavy atom. The van der Waals surface area contributed by atoms with Crippen molar-refractivity contribution in [1.82, 2.24) is 9.13 Å². The van der Waals surface area contributed by atoms with Gasteiger partial charge in [0, 0.05) is 19.5 Å². The quantitative estimate of drug-likeness (QED) is 0.171. The third-order valence-electron chi connectivity index (χ3n) is 5.42. The van der Waals surface area contributed by atoms with Gasteiger partial charge < -0.3 is 4.74 Å². The number of rotatable bonds is 6. The lowest BCUT2D eigenvalue weighted by molar-refractivity contribution is -0.385. The number of nitro benzene ring substituents is 1. The molecule has 1 aromatic heterocycles. The van der Waals surface area contributed by atoms with E-state index < -0.39 is 33.7 Å². The third kappa shape index (κ3) is 6.44. The minimum Gasteiger partial charge on any atom is -0.461 e. The number of hydrogen-bond acceptors (Lipinski definition) is 6. The Balaban J connectivity index is 0.000000328. The van der Waals surface area contributed by atoms with E-state index in [9.17, 15) is 32.9 Å². The van der Waals surface area contributed by atoms with E-state index >= 15 is 0 Å². The number of nitro groups is 1. The summed E-state index contributed by atoms with van der Waals surface area (Å²) in [5, 5.41) is 10.8. The maximum absolute atomic E-state index is 14.2. The zero-order valence-electron chi connectivity index (χ0n) is 20.0. The van der Waals surface area contributed by atoms with Crippen molar-refractivity contribution in [3.8, 4) is 5.69 Å². The minimum absolute atomic E-state index is 0.0690. The van der Waals surface area contributed by atoms with Crippen LogP contribution < -0.4 is 5.69 Å². The molecule has 1 heterocycles. The Bertz CT molecular complexity index is 1310. The number of hydrogen-bond donors (Lipinski definition) is 0. The van der Waals surface area contributed by atoms with E-state index in [1.165, 1.54) is 6.92 Å². The van der Waals surface area contributed by atoms with Crippen molar-refractivity contribution < 1.29 is 27.6 Å². The second-order valence-electron chi connectivity index (χ2n) is 8.87. The Labute approximate surface area is 204 Å². The van der Waals surface area contributed by atoms with E-state index in [0.717, 1.165) is 42.2 Å². The normalized spacial score (nSPS) is 13.9. The van der Waals surface area contributed by atoms with Crippen molar-refractivity contribution in [1.29, 1.82) is 0 Å². The largest absolute Gasteiger partial charge is 0.461 e. The zero-order chi connectivity index (χ0) is 26.9. The molecule has 0 N–H and O–H groups in total. The summed E-state index contributed by atoms with van der Waals surface area (Å²) in [5.41, 5.74) is -1.56. The monoisotopic (exact) mass is 513 g/mol. The first-order valence-corrected chi connectivity index (χ1v) is 10.9. The predicted octanol–water partition coefficient (Wildman–Crippen LogP) is 5.28. The van der Waals surface area contributed by atoms with Crippen molar-refractivity contribution in [2.24, 2.45) is 12.5 Å². The summed E-state index contributed by atoms with van der Waals surface area (Å²) in [7, 11) is 1.11. The Hall–Kier alpha value is -3.28. The molecule has 1 aromatic carbocycles. The molecule has 0 radical (unpaired) electrons. The molecule has 1 aliphatic rings. The van der Waals surface area contributed by atoms with Crippen LogP contribution in [0.2, 0.25) is 0 Å². The molecule has 1 aliphatic carbocycles. The van der Waals surface area contributed by atoms with Gasteiger partial charge in [-0.2, -0.15) is 0 Å². The zero-order valence-corrected chi connectivity index (χ0v) is 20.8. The molecule has 8 nitrogen and oxygen atoms in total. The number of ether oxygens (including phenoxy) is 1. The summed E-state index contributed by atoms with van der Waals surface area (Å²) in [6, 6.07) is 2.63. The van der Waals surface area contributed by atoms with Crippen LogP contribution in [0.25, 0.3) is 5.69 Å². The van der Waals surface area contributed by atoms with E-state index in [2.05, 4.69) is 6.58 Å². The molecule has 0 saturated heterocycles. The summed E-state index contributed by atoms with van der Waals surface area (Å²) in [4.78, 5) is 33.6. The van der Waals surface area contributed by atoms with Gasteiger partial charge in [0.05, 0.1) is 27.8 Å². The Morgan fingerprint density at radius 1 is 1.34 bits per heavy atom. The number of carbonyl (C=O) groups excluding carboxylic acids is 1. The molecule has 190 valence electrons. The van der Waals surface area contributed by atoms with Crippen LogP contribution >= 0.6 is 12.2 Å². The SMILES string of the molecule is C=C(C)COC(=O)C1(C)CC1.Cc1cc(-n2c(=S)cc(C(C)(F)F)n(C)c2=O)c(F)cc1[N+](=O)[O-]. The second-order valence-corrected chi connectivity index (χ2v) is 9.29. The van der Waals surface area contributed by atoms with Gasteiger partial charge in [-0.05, 0) is 51.3 Å². The van der Waals surface area contributed by atoms with Crippen LogP contribution in [0.3, 0.4) is 0 Å². The standard InChI is InChI=1S/C14H12F3N3O3S.C9H14O2/c1-7-4-10(8(15)5-9(7)20(22)23)19-12(24)6-11(14(2,16)17)18(3)13(19)21;1-7(2)6-11-8(10)9(3)4-5-9/h4-6H,1-3H3;1,4-6H2,2-3H3. The molecular formula is C23H26F3N3O5S. The highest BCUT2D eigenvalue weighted by Gasteiger charge is 2.46. The van der Waals surface area contributed by atoms with Crippen LogP contribution in [0.1, 0.15) is 44.9 Å². The molecule has 35 heavy (non-hydrogen) atoms. The summed E-state index contributed by atoms with van der Waals surface area (Å²) < 4.78 is 47.3. The molecule has 0 bridgehead atoms. The smallest absolute Gasteiger partial charge is 0.334 e. The van der Waals surface area contributed by atoms with Crippen molar-refractivity contribution in [2.75, 3.05) is 6.61 Å². The van der Waals surface area contributed by atoms with Crippen LogP contribution in [-0.4, -0.2) is 26.6 Å². The maximum atomic E-state index is 14.2. The third-order valence-corrected chi connectivity index (χ3v) is 5.72. The minimum atomic E-state index is -3.31. The lowest BCUT2D eigenvalue weighted by atomic mass is 10.1. The number of alkyl halides is 2. The van der Waals surface area contributed by atoms with Crippen LogP contribution in [0.15, 0.2) is 35.1 Å². The van der Waals surface area contributed by atoms with E-state index in [0.29, 0.717) is 24.2 Å². The highest BCUT2D eigenvalue weighted by molar-refractivity contribution is 7.71. The van der Waals surface area contributed by atoms with Gasteiger partial charge in [0.1, 0.15) is 11.2 Å². The summed E-state index contributed by atoms with van der Waals surface area (Å²) in [5.74, 6) is -4.44. The average Bonchev–Trinajstić information content (AvgIpc) is 3.49. The van der Waals surface area contributed by atoms with Crippen molar-refractivity contribution in [3.05, 3.63) is 72.7 Å². The second kappa shape index (κ2) is 10.1. The molecule has 3 rings (SSSR count). The van der Waals surface area contributed by atoms with Crippen LogP contribution in [0, 0.1) is 32.9 Å². The number of esters is 1. The fraction of sp³-hybridized carbons (Fsp3) is 0.435. The predicted molar refractivity (Wildman–Crippen MR) is 126 cm³/mol. The van der Waals surface area contributed by atoms with E-state index in [-0.39, 0.29) is 27.3 Å². The van der Waals surface area contributed by atoms with Crippen LogP contribution in [0.4, 0.5) is 18.9 Å². The molecule has 0 spiro atoms. The number of nitrogens with zero attached hydrogens (tertiary/aromatic N) is 3. The molecule has 1 saturated carbocycles. The molecule has 0 aliphatic heterocycles. The molecule has 2 aromatic rings. The summed E-state index contributed by atoms with van der Waals surface area (Å²) in [6.07, 6.45) is 1.95. The molecule has 0 amide bonds. The highest BCUT2D eigenvalue weighted by Crippen LogP contribution is 2.46. The fourth-order valence-corrected chi connectivity index (χ4v) is 3.34. The Kier molecular flexibility index (Phi) is 8.10. The van der Waals surface area contributed by atoms with Gasteiger partial charge in [0.25, 0.3) is 11.6 Å². The van der Waals surface area contributed by atoms with E-state index in [1.54, 1.807) is 0 Å². The van der Waals surface area contributed by atoms with Crippen molar-refractivity contribution >= 4 is 23.9 Å². The van der Waals surface area contributed by atoms with Crippen molar-refractivity contribution in [2.45, 2.75) is 46.5 Å². The summed E-state index contributed by atoms with van der Waals surface area (Å²) in [6.45, 7) is 9.78. The van der Waals surface area contributed by atoms with Gasteiger partial charge in [0.15, 0.2) is 5.82 Å². The van der Waals surface area contributed by atoms with E-state index in [1.807, 2.05) is 13.8 Å². The molecule has 1 fully saturated rings. The molecule has 12 heteroatoms. The van der Waals surface area contributed by atoms with Crippen molar-refractivity contribution in [3.63, 3.8) is 0 Å². The number of benzene rings is 1. The summed E-state index contributed by atoms with van der Waals surface area (Å²) >= 11 is 4.94.